The minimum absolute atomic E-state index is 1.13. The van der Waals surface area contributed by atoms with E-state index in [0.717, 1.165) is 17.1 Å². The average molecular weight is 651 g/mol. The van der Waals surface area contributed by atoms with Crippen molar-refractivity contribution in [1.29, 1.82) is 0 Å². The third-order valence-corrected chi connectivity index (χ3v) is 10.7. The fourth-order valence-corrected chi connectivity index (χ4v) is 7.87. The van der Waals surface area contributed by atoms with Crippen molar-refractivity contribution >= 4 is 59.9 Å². The second-order valence-electron chi connectivity index (χ2n) is 13.0. The summed E-state index contributed by atoms with van der Waals surface area (Å²) in [6.45, 7) is 6.48. The van der Waals surface area contributed by atoms with E-state index in [2.05, 4.69) is 195 Å². The van der Waals surface area contributed by atoms with Gasteiger partial charge in [-0.25, -0.2) is 0 Å². The summed E-state index contributed by atoms with van der Waals surface area (Å²) in [5.41, 5.74) is 14.4. The van der Waals surface area contributed by atoms with Crippen molar-refractivity contribution in [3.05, 3.63) is 174 Å². The zero-order valence-electron chi connectivity index (χ0n) is 28.3. The van der Waals surface area contributed by atoms with E-state index in [4.69, 9.17) is 0 Å². The maximum absolute atomic E-state index is 2.36. The molecular formula is C46H38N2S. The van der Waals surface area contributed by atoms with Crippen LogP contribution >= 0.6 is 11.3 Å². The lowest BCUT2D eigenvalue weighted by Crippen LogP contribution is -2.11. The van der Waals surface area contributed by atoms with Gasteiger partial charge in [0.25, 0.3) is 0 Å². The Balaban J connectivity index is 1.07. The number of anilines is 5. The molecule has 49 heavy (non-hydrogen) atoms. The first-order valence-electron chi connectivity index (χ1n) is 16.8. The summed E-state index contributed by atoms with van der Waals surface area (Å²) in [6, 6.07) is 57.7. The molecule has 2 nitrogen and oxygen atoms in total. The van der Waals surface area contributed by atoms with Crippen LogP contribution in [0.15, 0.2) is 158 Å². The molecular weight excluding hydrogens is 613 g/mol. The van der Waals surface area contributed by atoms with Crippen molar-refractivity contribution in [1.82, 2.24) is 0 Å². The monoisotopic (exact) mass is 650 g/mol. The molecule has 0 amide bonds. The molecule has 0 aliphatic rings. The lowest BCUT2D eigenvalue weighted by Gasteiger charge is -2.27. The number of rotatable bonds is 7. The quantitative estimate of drug-likeness (QED) is 0.169. The zero-order chi connectivity index (χ0) is 33.5. The molecule has 1 heterocycles. The first-order chi connectivity index (χ1) is 23.9. The number of benzene rings is 7. The Hall–Kier alpha value is -5.64. The maximum Gasteiger partial charge on any atom is 0.0490 e. The van der Waals surface area contributed by atoms with Gasteiger partial charge in [-0.15, -0.1) is 11.3 Å². The number of fused-ring (bicyclic) bond motifs is 3. The highest BCUT2D eigenvalue weighted by Gasteiger charge is 2.16. The molecule has 0 unspecified atom stereocenters. The lowest BCUT2D eigenvalue weighted by atomic mass is 10.0. The fourth-order valence-electron chi connectivity index (χ4n) is 6.78. The van der Waals surface area contributed by atoms with Gasteiger partial charge < -0.3 is 9.80 Å². The van der Waals surface area contributed by atoms with Gasteiger partial charge in [-0.2, -0.15) is 0 Å². The molecule has 0 fully saturated rings. The van der Waals surface area contributed by atoms with Crippen molar-refractivity contribution in [3.63, 3.8) is 0 Å². The van der Waals surface area contributed by atoms with E-state index in [1.165, 1.54) is 70.5 Å². The van der Waals surface area contributed by atoms with E-state index in [9.17, 15) is 0 Å². The minimum atomic E-state index is 1.13. The number of nitrogens with zero attached hydrogens (tertiary/aromatic N) is 2. The predicted molar refractivity (Wildman–Crippen MR) is 214 cm³/mol. The maximum atomic E-state index is 2.36. The second kappa shape index (κ2) is 12.8. The summed E-state index contributed by atoms with van der Waals surface area (Å²) in [6.07, 6.45) is 0. The first kappa shape index (κ1) is 30.7. The van der Waals surface area contributed by atoms with Crippen molar-refractivity contribution in [2.24, 2.45) is 0 Å². The molecule has 0 atom stereocenters. The first-order valence-corrected chi connectivity index (χ1v) is 17.6. The Morgan fingerprint density at radius 2 is 0.898 bits per heavy atom. The third kappa shape index (κ3) is 5.99. The van der Waals surface area contributed by atoms with Crippen molar-refractivity contribution in [2.45, 2.75) is 20.8 Å². The zero-order valence-corrected chi connectivity index (χ0v) is 29.1. The highest BCUT2D eigenvalue weighted by Crippen LogP contribution is 2.40. The van der Waals surface area contributed by atoms with Crippen LogP contribution in [0.3, 0.4) is 0 Å². The van der Waals surface area contributed by atoms with Crippen LogP contribution in [-0.4, -0.2) is 7.05 Å². The number of aryl methyl sites for hydroxylation is 3. The highest BCUT2D eigenvalue weighted by atomic mass is 32.1. The number of hydrogen-bond donors (Lipinski definition) is 0. The molecule has 0 spiro atoms. The van der Waals surface area contributed by atoms with E-state index in [1.807, 2.05) is 11.3 Å². The molecule has 238 valence electrons. The molecule has 8 rings (SSSR count). The highest BCUT2D eigenvalue weighted by molar-refractivity contribution is 7.25. The molecule has 0 N–H and O–H groups in total. The van der Waals surface area contributed by atoms with Crippen LogP contribution in [0.5, 0.6) is 0 Å². The molecule has 7 aromatic carbocycles. The smallest absolute Gasteiger partial charge is 0.0490 e. The van der Waals surface area contributed by atoms with Gasteiger partial charge >= 0.3 is 0 Å². The van der Waals surface area contributed by atoms with Crippen LogP contribution in [0.25, 0.3) is 42.4 Å². The lowest BCUT2D eigenvalue weighted by molar-refractivity contribution is 1.21. The molecule has 0 aliphatic carbocycles. The number of hydrogen-bond acceptors (Lipinski definition) is 3. The summed E-state index contributed by atoms with van der Waals surface area (Å²) in [4.78, 5) is 4.63. The predicted octanol–water partition coefficient (Wildman–Crippen LogP) is 13.6. The Labute approximate surface area is 293 Å². The van der Waals surface area contributed by atoms with E-state index in [0.29, 0.717) is 0 Å². The summed E-state index contributed by atoms with van der Waals surface area (Å²) in [5, 5.41) is 2.64. The summed E-state index contributed by atoms with van der Waals surface area (Å²) < 4.78 is 2.66. The Kier molecular flexibility index (Phi) is 7.99. The van der Waals surface area contributed by atoms with Gasteiger partial charge in [-0.1, -0.05) is 102 Å². The van der Waals surface area contributed by atoms with Gasteiger partial charge in [-0.05, 0) is 115 Å². The molecule has 3 heteroatoms. The largest absolute Gasteiger partial charge is 0.345 e. The van der Waals surface area contributed by atoms with Crippen LogP contribution in [0.4, 0.5) is 28.4 Å². The molecule has 0 saturated heterocycles. The van der Waals surface area contributed by atoms with E-state index < -0.39 is 0 Å². The van der Waals surface area contributed by atoms with E-state index in [-0.39, 0.29) is 0 Å². The van der Waals surface area contributed by atoms with Gasteiger partial charge in [0, 0.05) is 55.7 Å². The summed E-state index contributed by atoms with van der Waals surface area (Å²) in [7, 11) is 2.15. The molecule has 0 aliphatic heterocycles. The van der Waals surface area contributed by atoms with E-state index >= 15 is 0 Å². The molecule has 1 aromatic heterocycles. The van der Waals surface area contributed by atoms with Gasteiger partial charge in [0.05, 0.1) is 0 Å². The normalized spacial score (nSPS) is 11.3. The van der Waals surface area contributed by atoms with Gasteiger partial charge in [0.1, 0.15) is 0 Å². The van der Waals surface area contributed by atoms with Gasteiger partial charge in [0.2, 0.25) is 0 Å². The summed E-state index contributed by atoms with van der Waals surface area (Å²) in [5.74, 6) is 0. The topological polar surface area (TPSA) is 6.48 Å². The molecule has 0 radical (unpaired) electrons. The molecule has 0 bridgehead atoms. The van der Waals surface area contributed by atoms with Crippen LogP contribution in [-0.2, 0) is 0 Å². The van der Waals surface area contributed by atoms with Crippen LogP contribution in [0.2, 0.25) is 0 Å². The second-order valence-corrected chi connectivity index (χ2v) is 14.1. The summed E-state index contributed by atoms with van der Waals surface area (Å²) >= 11 is 1.86. The Morgan fingerprint density at radius 3 is 1.49 bits per heavy atom. The molecule has 8 aromatic rings. The SMILES string of the molecule is Cc1ccc(-c2ccc(N(c3ccc(-c4ccc(N(C)c5ccc6sc7ccccc7c6c5)cc4)cc3)c3ccc(C)cc3C)cc2)cc1. The van der Waals surface area contributed by atoms with Crippen molar-refractivity contribution in [3.8, 4) is 22.3 Å². The Morgan fingerprint density at radius 1 is 0.408 bits per heavy atom. The van der Waals surface area contributed by atoms with Gasteiger partial charge in [-0.3, -0.25) is 0 Å². The fraction of sp³-hybridized carbons (Fsp3) is 0.0870. The van der Waals surface area contributed by atoms with Crippen LogP contribution in [0, 0.1) is 20.8 Å². The van der Waals surface area contributed by atoms with E-state index in [1.54, 1.807) is 0 Å². The van der Waals surface area contributed by atoms with Crippen molar-refractivity contribution in [2.75, 3.05) is 16.8 Å². The van der Waals surface area contributed by atoms with Crippen molar-refractivity contribution < 1.29 is 0 Å². The molecule has 0 saturated carbocycles. The third-order valence-electron chi connectivity index (χ3n) is 9.56. The van der Waals surface area contributed by atoms with Gasteiger partial charge in [0.15, 0.2) is 0 Å². The number of thiophene rings is 1. The standard InChI is InChI=1S/C46H38N2S/c1-31-9-12-34(13-10-31)36-16-22-39(23-17-36)48(44-27-11-32(2)29-33(44)3)40-24-18-37(19-25-40)35-14-20-38(21-15-35)47(4)41-26-28-46-43(30-41)42-7-5-6-8-45(42)49-46/h5-30H,1-4H3. The van der Waals surface area contributed by atoms with Crippen LogP contribution < -0.4 is 9.80 Å². The minimum Gasteiger partial charge on any atom is -0.345 e. The Bertz CT molecular complexity index is 2400. The van der Waals surface area contributed by atoms with Crippen LogP contribution in [0.1, 0.15) is 16.7 Å². The average Bonchev–Trinajstić information content (AvgIpc) is 3.51.